The third-order valence-electron chi connectivity index (χ3n) is 5.29. The van der Waals surface area contributed by atoms with Gasteiger partial charge in [0.2, 0.25) is 0 Å². The van der Waals surface area contributed by atoms with Gasteiger partial charge < -0.3 is 20.9 Å². The van der Waals surface area contributed by atoms with Crippen LogP contribution in [0.25, 0.3) is 0 Å². The fraction of sp³-hybridized carbons (Fsp3) is 0.0741. The van der Waals surface area contributed by atoms with Crippen LogP contribution in [0.4, 0.5) is 37.7 Å². The highest BCUT2D eigenvalue weighted by Gasteiger charge is 2.35. The van der Waals surface area contributed by atoms with E-state index in [1.165, 1.54) is 60.7 Å². The van der Waals surface area contributed by atoms with Crippen LogP contribution in [0, 0.1) is 0 Å². The van der Waals surface area contributed by atoms with E-state index in [1.807, 2.05) is 0 Å². The molecule has 0 aliphatic heterocycles. The molecule has 196 valence electrons. The Balaban J connectivity index is 1.54. The average Bonchev–Trinajstić information content (AvgIpc) is 2.85. The number of carbonyl (C=O) groups is 1. The van der Waals surface area contributed by atoms with Gasteiger partial charge >= 0.3 is 12.4 Å². The summed E-state index contributed by atoms with van der Waals surface area (Å²) >= 11 is 0. The second kappa shape index (κ2) is 10.0. The van der Waals surface area contributed by atoms with Gasteiger partial charge in [0.1, 0.15) is 34.1 Å². The summed E-state index contributed by atoms with van der Waals surface area (Å²) in [7, 11) is 0. The molecule has 11 heteroatoms. The molecule has 0 atom stereocenters. The van der Waals surface area contributed by atoms with Crippen LogP contribution in [-0.4, -0.2) is 5.78 Å². The Morgan fingerprint density at radius 2 is 1.08 bits per heavy atom. The summed E-state index contributed by atoms with van der Waals surface area (Å²) in [6.45, 7) is 0. The lowest BCUT2D eigenvalue weighted by molar-refractivity contribution is -0.139. The smallest absolute Gasteiger partial charge is 0.420 e. The van der Waals surface area contributed by atoms with Gasteiger partial charge in [-0.05, 0) is 72.8 Å². The maximum Gasteiger partial charge on any atom is 0.420 e. The lowest BCUT2D eigenvalue weighted by atomic mass is 10.0. The molecule has 0 radical (unpaired) electrons. The lowest BCUT2D eigenvalue weighted by Gasteiger charge is -2.15. The van der Waals surface area contributed by atoms with Crippen molar-refractivity contribution in [3.8, 4) is 23.0 Å². The highest BCUT2D eigenvalue weighted by molar-refractivity contribution is 6.09. The number of rotatable bonds is 6. The number of ketones is 1. The van der Waals surface area contributed by atoms with Crippen molar-refractivity contribution in [2.24, 2.45) is 0 Å². The zero-order valence-corrected chi connectivity index (χ0v) is 19.2. The first kappa shape index (κ1) is 26.4. The molecule has 0 aliphatic rings. The summed E-state index contributed by atoms with van der Waals surface area (Å²) < 4.78 is 90.8. The van der Waals surface area contributed by atoms with Crippen LogP contribution in [0.5, 0.6) is 23.0 Å². The molecule has 0 aliphatic carbocycles. The first-order chi connectivity index (χ1) is 17.8. The number of benzene rings is 4. The first-order valence-corrected chi connectivity index (χ1v) is 10.9. The molecule has 4 aromatic rings. The number of nitrogen functional groups attached to an aromatic ring is 2. The number of anilines is 2. The summed E-state index contributed by atoms with van der Waals surface area (Å²) in [5, 5.41) is 0. The summed E-state index contributed by atoms with van der Waals surface area (Å²) in [4.78, 5) is 13.0. The SMILES string of the molecule is Nc1ccc(Oc2ccc(C(=O)c3cccc(Oc4ccc(N)cc4C(F)(F)F)c3)cc2)c(C(F)(F)F)c1. The molecule has 0 saturated heterocycles. The quantitative estimate of drug-likeness (QED) is 0.151. The predicted molar refractivity (Wildman–Crippen MR) is 128 cm³/mol. The molecule has 5 nitrogen and oxygen atoms in total. The summed E-state index contributed by atoms with van der Waals surface area (Å²) in [5.74, 6) is -1.43. The predicted octanol–water partition coefficient (Wildman–Crippen LogP) is 7.70. The number of alkyl halides is 6. The molecule has 38 heavy (non-hydrogen) atoms. The van der Waals surface area contributed by atoms with Crippen molar-refractivity contribution in [3.63, 3.8) is 0 Å². The number of hydrogen-bond acceptors (Lipinski definition) is 5. The lowest BCUT2D eigenvalue weighted by Crippen LogP contribution is -2.08. The zero-order valence-electron chi connectivity index (χ0n) is 19.2. The van der Waals surface area contributed by atoms with Crippen LogP contribution in [0.2, 0.25) is 0 Å². The first-order valence-electron chi connectivity index (χ1n) is 10.9. The highest BCUT2D eigenvalue weighted by atomic mass is 19.4. The van der Waals surface area contributed by atoms with Gasteiger partial charge in [0, 0.05) is 22.5 Å². The topological polar surface area (TPSA) is 87.6 Å². The Morgan fingerprint density at radius 1 is 0.579 bits per heavy atom. The van der Waals surface area contributed by atoms with Gasteiger partial charge in [-0.2, -0.15) is 26.3 Å². The van der Waals surface area contributed by atoms with E-state index in [9.17, 15) is 31.1 Å². The summed E-state index contributed by atoms with van der Waals surface area (Å²) in [5.41, 5.74) is 8.90. The number of nitrogens with two attached hydrogens (primary N) is 2. The Bertz CT molecular complexity index is 1480. The standard InChI is InChI=1S/C27H18F6N2O3/c28-26(29,30)21-13-17(34)6-10-23(21)37-19-8-4-15(5-9-19)25(36)16-2-1-3-20(12-16)38-24-11-7-18(35)14-22(24)27(31,32)33/h1-14H,34-35H2. The van der Waals surface area contributed by atoms with Gasteiger partial charge in [0.05, 0.1) is 0 Å². The van der Waals surface area contributed by atoms with E-state index < -0.39 is 40.8 Å². The monoisotopic (exact) mass is 532 g/mol. The van der Waals surface area contributed by atoms with E-state index in [4.69, 9.17) is 20.9 Å². The maximum absolute atomic E-state index is 13.4. The van der Waals surface area contributed by atoms with Gasteiger partial charge in [0.25, 0.3) is 0 Å². The Hall–Kier alpha value is -4.67. The fourth-order valence-corrected chi connectivity index (χ4v) is 3.51. The minimum atomic E-state index is -4.71. The molecular formula is C27H18F6N2O3. The molecule has 0 aromatic heterocycles. The Morgan fingerprint density at radius 3 is 1.58 bits per heavy atom. The molecule has 0 saturated carbocycles. The van der Waals surface area contributed by atoms with Crippen LogP contribution in [0.15, 0.2) is 84.9 Å². The normalized spacial score (nSPS) is 11.7. The molecule has 0 heterocycles. The minimum absolute atomic E-state index is 0.0193. The molecule has 4 N–H and O–H groups in total. The van der Waals surface area contributed by atoms with Crippen molar-refractivity contribution in [1.29, 1.82) is 0 Å². The molecule has 0 fully saturated rings. The van der Waals surface area contributed by atoms with Gasteiger partial charge in [-0.1, -0.05) is 12.1 Å². The van der Waals surface area contributed by atoms with Crippen LogP contribution < -0.4 is 20.9 Å². The number of halogens is 6. The molecule has 4 rings (SSSR count). The van der Waals surface area contributed by atoms with Crippen LogP contribution in [0.3, 0.4) is 0 Å². The van der Waals surface area contributed by atoms with E-state index >= 15 is 0 Å². The van der Waals surface area contributed by atoms with Crippen molar-refractivity contribution in [1.82, 2.24) is 0 Å². The van der Waals surface area contributed by atoms with E-state index in [0.29, 0.717) is 0 Å². The minimum Gasteiger partial charge on any atom is -0.457 e. The molecule has 0 bridgehead atoms. The van der Waals surface area contributed by atoms with Gasteiger partial charge in [-0.25, -0.2) is 0 Å². The van der Waals surface area contributed by atoms with Crippen LogP contribution >= 0.6 is 0 Å². The molecule has 4 aromatic carbocycles. The van der Waals surface area contributed by atoms with Crippen molar-refractivity contribution in [2.75, 3.05) is 11.5 Å². The molecule has 0 unspecified atom stereocenters. The molecule has 0 spiro atoms. The van der Waals surface area contributed by atoms with Crippen molar-refractivity contribution >= 4 is 17.2 Å². The summed E-state index contributed by atoms with van der Waals surface area (Å²) in [6.07, 6.45) is -9.41. The Labute approximate surface area is 212 Å². The van der Waals surface area contributed by atoms with E-state index in [2.05, 4.69) is 0 Å². The third-order valence-corrected chi connectivity index (χ3v) is 5.29. The fourth-order valence-electron chi connectivity index (χ4n) is 3.51. The van der Waals surface area contributed by atoms with E-state index in [-0.39, 0.29) is 34.0 Å². The summed E-state index contributed by atoms with van der Waals surface area (Å²) in [6, 6.07) is 17.0. The average molecular weight is 532 g/mol. The third kappa shape index (κ3) is 6.00. The second-order valence-electron chi connectivity index (χ2n) is 8.09. The maximum atomic E-state index is 13.4. The Kier molecular flexibility index (Phi) is 6.95. The molecular weight excluding hydrogens is 514 g/mol. The van der Waals surface area contributed by atoms with Crippen molar-refractivity contribution < 1.29 is 40.6 Å². The van der Waals surface area contributed by atoms with Crippen LogP contribution in [-0.2, 0) is 12.4 Å². The van der Waals surface area contributed by atoms with Gasteiger partial charge in [-0.3, -0.25) is 4.79 Å². The zero-order chi connectivity index (χ0) is 27.7. The highest BCUT2D eigenvalue weighted by Crippen LogP contribution is 2.40. The van der Waals surface area contributed by atoms with Crippen LogP contribution in [0.1, 0.15) is 27.0 Å². The van der Waals surface area contributed by atoms with Crippen molar-refractivity contribution in [3.05, 3.63) is 107 Å². The second-order valence-corrected chi connectivity index (χ2v) is 8.09. The van der Waals surface area contributed by atoms with E-state index in [0.717, 1.165) is 24.3 Å². The van der Waals surface area contributed by atoms with Crippen molar-refractivity contribution in [2.45, 2.75) is 12.4 Å². The van der Waals surface area contributed by atoms with Gasteiger partial charge in [-0.15, -0.1) is 0 Å². The molecule has 0 amide bonds. The number of hydrogen-bond donors (Lipinski definition) is 2. The van der Waals surface area contributed by atoms with E-state index in [1.54, 1.807) is 0 Å². The number of ether oxygens (including phenoxy) is 2. The largest absolute Gasteiger partial charge is 0.457 e. The number of carbonyl (C=O) groups excluding carboxylic acids is 1. The van der Waals surface area contributed by atoms with Gasteiger partial charge in [0.15, 0.2) is 5.78 Å².